The van der Waals surface area contributed by atoms with Gasteiger partial charge in [-0.05, 0) is 61.9 Å². The number of imidazole rings is 1. The lowest BCUT2D eigenvalue weighted by Crippen LogP contribution is -2.14. The number of carbonyl (C=O) groups excluding carboxylic acids is 1. The number of rotatable bonds is 4. The Kier molecular flexibility index (Phi) is 4.55. The fraction of sp³-hybridized carbons (Fsp3) is 0.0833. The Labute approximate surface area is 178 Å². The third kappa shape index (κ3) is 3.57. The molecule has 0 saturated carbocycles. The molecule has 0 radical (unpaired) electrons. The highest BCUT2D eigenvalue weighted by Crippen LogP contribution is 2.25. The average molecular weight is 408 g/mol. The molecule has 152 valence electrons. The number of aromatic nitrogens is 5. The van der Waals surface area contributed by atoms with Crippen LogP contribution in [0.1, 0.15) is 21.6 Å². The molecule has 0 spiro atoms. The van der Waals surface area contributed by atoms with Crippen molar-refractivity contribution in [3.63, 3.8) is 0 Å². The molecule has 0 saturated heterocycles. The molecule has 7 heteroatoms. The van der Waals surface area contributed by atoms with E-state index in [2.05, 4.69) is 20.4 Å². The number of pyridine rings is 1. The molecule has 0 bridgehead atoms. The number of carbonyl (C=O) groups is 1. The minimum absolute atomic E-state index is 0.252. The van der Waals surface area contributed by atoms with E-state index in [0.29, 0.717) is 22.7 Å². The normalized spacial score (nSPS) is 11.0. The lowest BCUT2D eigenvalue weighted by Gasteiger charge is -2.07. The molecule has 1 amide bonds. The second-order valence-electron chi connectivity index (χ2n) is 7.38. The summed E-state index contributed by atoms with van der Waals surface area (Å²) in [5, 5.41) is 7.32. The van der Waals surface area contributed by atoms with Gasteiger partial charge in [0.05, 0.1) is 23.0 Å². The number of benzene rings is 2. The zero-order valence-corrected chi connectivity index (χ0v) is 17.1. The van der Waals surface area contributed by atoms with Gasteiger partial charge in [-0.25, -0.2) is 14.6 Å². The highest BCUT2D eigenvalue weighted by molar-refractivity contribution is 6.11. The monoisotopic (exact) mass is 408 g/mol. The number of aromatic amines is 1. The molecular formula is C24H20N6O. The van der Waals surface area contributed by atoms with E-state index in [1.165, 1.54) is 0 Å². The van der Waals surface area contributed by atoms with Crippen molar-refractivity contribution < 1.29 is 4.79 Å². The van der Waals surface area contributed by atoms with Crippen LogP contribution in [0.2, 0.25) is 0 Å². The Morgan fingerprint density at radius 3 is 2.61 bits per heavy atom. The largest absolute Gasteiger partial charge is 0.337 e. The molecule has 2 N–H and O–H groups in total. The fourth-order valence-electron chi connectivity index (χ4n) is 3.68. The zero-order chi connectivity index (χ0) is 21.4. The number of nitrogens with zero attached hydrogens (tertiary/aromatic N) is 4. The maximum Gasteiger partial charge on any atom is 0.259 e. The van der Waals surface area contributed by atoms with Gasteiger partial charge in [-0.2, -0.15) is 5.10 Å². The number of hydrogen-bond acceptors (Lipinski definition) is 4. The van der Waals surface area contributed by atoms with E-state index in [-0.39, 0.29) is 5.91 Å². The van der Waals surface area contributed by atoms with Crippen LogP contribution in [0.4, 0.5) is 5.82 Å². The molecule has 0 fully saturated rings. The van der Waals surface area contributed by atoms with Crippen molar-refractivity contribution in [1.29, 1.82) is 0 Å². The van der Waals surface area contributed by atoms with Crippen molar-refractivity contribution in [2.45, 2.75) is 13.8 Å². The summed E-state index contributed by atoms with van der Waals surface area (Å²) < 4.78 is 1.82. The van der Waals surface area contributed by atoms with Gasteiger partial charge in [0.25, 0.3) is 5.91 Å². The van der Waals surface area contributed by atoms with Crippen molar-refractivity contribution in [1.82, 2.24) is 24.7 Å². The van der Waals surface area contributed by atoms with Gasteiger partial charge in [-0.3, -0.25) is 4.79 Å². The molecule has 0 aliphatic heterocycles. The van der Waals surface area contributed by atoms with Gasteiger partial charge >= 0.3 is 0 Å². The smallest absolute Gasteiger partial charge is 0.259 e. The van der Waals surface area contributed by atoms with Gasteiger partial charge in [0.15, 0.2) is 5.82 Å². The lowest BCUT2D eigenvalue weighted by atomic mass is 10.1. The lowest BCUT2D eigenvalue weighted by molar-refractivity contribution is 0.102. The molecule has 3 aromatic heterocycles. The standard InChI is InChI=1S/C24H20N6O/c1-15-13-16(2)26-21(14-15)28-24(31)18-9-6-10-19-22(18)29-23(27-19)20-11-12-25-30(20)17-7-4-3-5-8-17/h3-14H,1-2H3,(H,27,29)(H,26,28,31). The van der Waals surface area contributed by atoms with Crippen molar-refractivity contribution in [2.75, 3.05) is 5.32 Å². The molecule has 0 atom stereocenters. The highest BCUT2D eigenvalue weighted by Gasteiger charge is 2.17. The molecule has 7 nitrogen and oxygen atoms in total. The first-order chi connectivity index (χ1) is 15.1. The first-order valence-electron chi connectivity index (χ1n) is 9.94. The van der Waals surface area contributed by atoms with Crippen LogP contribution in [0.3, 0.4) is 0 Å². The summed E-state index contributed by atoms with van der Waals surface area (Å²) in [4.78, 5) is 25.5. The van der Waals surface area contributed by atoms with Crippen LogP contribution in [0.5, 0.6) is 0 Å². The van der Waals surface area contributed by atoms with Gasteiger partial charge < -0.3 is 10.3 Å². The molecular weight excluding hydrogens is 388 g/mol. The van der Waals surface area contributed by atoms with Crippen LogP contribution < -0.4 is 5.32 Å². The van der Waals surface area contributed by atoms with Crippen molar-refractivity contribution in [3.8, 4) is 17.2 Å². The molecule has 0 unspecified atom stereocenters. The van der Waals surface area contributed by atoms with E-state index in [0.717, 1.165) is 28.2 Å². The summed E-state index contributed by atoms with van der Waals surface area (Å²) in [5.41, 5.74) is 5.48. The molecule has 0 aliphatic carbocycles. The Hall–Kier alpha value is -4.26. The first-order valence-corrected chi connectivity index (χ1v) is 9.94. The van der Waals surface area contributed by atoms with Crippen LogP contribution in [0.25, 0.3) is 28.2 Å². The summed E-state index contributed by atoms with van der Waals surface area (Å²) in [7, 11) is 0. The Balaban J connectivity index is 1.53. The predicted octanol–water partition coefficient (Wildman–Crippen LogP) is 4.68. The maximum absolute atomic E-state index is 13.0. The van der Waals surface area contributed by atoms with Crippen LogP contribution in [-0.2, 0) is 0 Å². The number of para-hydroxylation sites is 2. The predicted molar refractivity (Wildman–Crippen MR) is 120 cm³/mol. The molecule has 2 aromatic carbocycles. The van der Waals surface area contributed by atoms with Gasteiger partial charge in [0.1, 0.15) is 17.0 Å². The van der Waals surface area contributed by atoms with Crippen molar-refractivity contribution >= 4 is 22.8 Å². The van der Waals surface area contributed by atoms with Crippen molar-refractivity contribution in [3.05, 3.63) is 89.7 Å². The zero-order valence-electron chi connectivity index (χ0n) is 17.1. The van der Waals surface area contributed by atoms with Crippen LogP contribution in [-0.4, -0.2) is 30.6 Å². The molecule has 5 aromatic rings. The SMILES string of the molecule is Cc1cc(C)nc(NC(=O)c2cccc3[nH]c(-c4ccnn4-c4ccccc4)nc23)c1. The Morgan fingerprint density at radius 1 is 0.968 bits per heavy atom. The number of H-pyrrole nitrogens is 1. The summed E-state index contributed by atoms with van der Waals surface area (Å²) in [6, 6.07) is 21.1. The third-order valence-electron chi connectivity index (χ3n) is 4.98. The van der Waals surface area contributed by atoms with Crippen LogP contribution in [0, 0.1) is 13.8 Å². The van der Waals surface area contributed by atoms with Gasteiger partial charge in [-0.15, -0.1) is 0 Å². The number of aryl methyl sites for hydroxylation is 2. The van der Waals surface area contributed by atoms with E-state index in [9.17, 15) is 4.79 Å². The average Bonchev–Trinajstić information content (AvgIpc) is 3.40. The first kappa shape index (κ1) is 18.7. The fourth-order valence-corrected chi connectivity index (χ4v) is 3.68. The Morgan fingerprint density at radius 2 is 1.81 bits per heavy atom. The quantitative estimate of drug-likeness (QED) is 0.452. The van der Waals surface area contributed by atoms with Crippen LogP contribution >= 0.6 is 0 Å². The summed E-state index contributed by atoms with van der Waals surface area (Å²) >= 11 is 0. The van der Waals surface area contributed by atoms with Gasteiger partial charge in [0.2, 0.25) is 0 Å². The molecule has 3 heterocycles. The second kappa shape index (κ2) is 7.53. The van der Waals surface area contributed by atoms with E-state index in [1.54, 1.807) is 12.3 Å². The van der Waals surface area contributed by atoms with Crippen molar-refractivity contribution in [2.24, 2.45) is 0 Å². The Bertz CT molecular complexity index is 1380. The van der Waals surface area contributed by atoms with E-state index >= 15 is 0 Å². The molecule has 31 heavy (non-hydrogen) atoms. The second-order valence-corrected chi connectivity index (χ2v) is 7.38. The molecule has 0 aliphatic rings. The minimum Gasteiger partial charge on any atom is -0.337 e. The molecule has 5 rings (SSSR count). The minimum atomic E-state index is -0.252. The van der Waals surface area contributed by atoms with Gasteiger partial charge in [-0.1, -0.05) is 24.3 Å². The number of anilines is 1. The summed E-state index contributed by atoms with van der Waals surface area (Å²) in [6.45, 7) is 3.88. The number of amides is 1. The van der Waals surface area contributed by atoms with E-state index in [4.69, 9.17) is 4.98 Å². The topological polar surface area (TPSA) is 88.5 Å². The number of hydrogen-bond donors (Lipinski definition) is 2. The highest BCUT2D eigenvalue weighted by atomic mass is 16.1. The maximum atomic E-state index is 13.0. The summed E-state index contributed by atoms with van der Waals surface area (Å²) in [6.07, 6.45) is 1.73. The van der Waals surface area contributed by atoms with Gasteiger partial charge in [0, 0.05) is 5.69 Å². The number of fused-ring (bicyclic) bond motifs is 1. The number of nitrogens with one attached hydrogen (secondary N) is 2. The van der Waals surface area contributed by atoms with Crippen LogP contribution in [0.15, 0.2) is 72.9 Å². The summed E-state index contributed by atoms with van der Waals surface area (Å²) in [5.74, 6) is 0.913. The third-order valence-corrected chi connectivity index (χ3v) is 4.98. The van der Waals surface area contributed by atoms with E-state index < -0.39 is 0 Å². The van der Waals surface area contributed by atoms with E-state index in [1.807, 2.05) is 79.2 Å².